The quantitative estimate of drug-likeness (QED) is 0.526. The fourth-order valence-electron chi connectivity index (χ4n) is 4.80. The molecule has 2 aliphatic rings. The van der Waals surface area contributed by atoms with Crippen molar-refractivity contribution in [1.29, 1.82) is 0 Å². The lowest BCUT2D eigenvalue weighted by Gasteiger charge is -2.54. The predicted molar refractivity (Wildman–Crippen MR) is 114 cm³/mol. The number of aryl methyl sites for hydroxylation is 2. The fourth-order valence-corrected chi connectivity index (χ4v) is 4.80. The molecule has 1 spiro atoms. The van der Waals surface area contributed by atoms with Crippen molar-refractivity contribution in [2.75, 3.05) is 36.0 Å². The first-order valence-electron chi connectivity index (χ1n) is 10.9. The zero-order valence-electron chi connectivity index (χ0n) is 18.6. The first kappa shape index (κ1) is 22.7. The number of piperidine rings is 1. The molecule has 3 aromatic rings. The Morgan fingerprint density at radius 2 is 1.71 bits per heavy atom. The van der Waals surface area contributed by atoms with Gasteiger partial charge in [0.05, 0.1) is 11.9 Å². The molecule has 8 nitrogen and oxygen atoms in total. The molecule has 2 fully saturated rings. The molecule has 0 N–H and O–H groups in total. The maximum atomic E-state index is 13.1. The van der Waals surface area contributed by atoms with Crippen LogP contribution in [0.4, 0.5) is 33.6 Å². The molecule has 0 saturated carbocycles. The molecule has 0 aromatic carbocycles. The highest BCUT2D eigenvalue weighted by Gasteiger charge is 2.46. The molecule has 0 unspecified atom stereocenters. The van der Waals surface area contributed by atoms with Gasteiger partial charge in [-0.05, 0) is 26.7 Å². The van der Waals surface area contributed by atoms with Crippen LogP contribution in [-0.2, 0) is 12.7 Å². The zero-order chi connectivity index (χ0) is 24.3. The van der Waals surface area contributed by atoms with Crippen LogP contribution in [0.3, 0.4) is 0 Å². The van der Waals surface area contributed by atoms with E-state index in [0.29, 0.717) is 41.6 Å². The minimum absolute atomic E-state index is 0.0290. The molecule has 3 aromatic heterocycles. The Kier molecular flexibility index (Phi) is 5.32. The summed E-state index contributed by atoms with van der Waals surface area (Å²) < 4.78 is 66.4. The lowest BCUT2D eigenvalue weighted by atomic mass is 9.72. The van der Waals surface area contributed by atoms with Gasteiger partial charge in [0.25, 0.3) is 6.43 Å². The number of rotatable bonds is 4. The third kappa shape index (κ3) is 4.11. The average molecular weight is 482 g/mol. The van der Waals surface area contributed by atoms with Gasteiger partial charge in [-0.2, -0.15) is 18.3 Å². The molecule has 34 heavy (non-hydrogen) atoms. The summed E-state index contributed by atoms with van der Waals surface area (Å²) in [6.07, 6.45) is -3.83. The van der Waals surface area contributed by atoms with Crippen molar-refractivity contribution in [3.8, 4) is 0 Å². The predicted octanol–water partition coefficient (Wildman–Crippen LogP) is 3.62. The second-order valence-corrected chi connectivity index (χ2v) is 9.06. The second-order valence-electron chi connectivity index (χ2n) is 9.06. The molecule has 0 atom stereocenters. The van der Waals surface area contributed by atoms with Gasteiger partial charge in [-0.1, -0.05) is 0 Å². The molecule has 0 radical (unpaired) electrons. The molecule has 0 bridgehead atoms. The smallest absolute Gasteiger partial charge is 0.356 e. The molecular formula is C21H23F5N8. The van der Waals surface area contributed by atoms with Crippen molar-refractivity contribution < 1.29 is 22.0 Å². The number of nitrogens with zero attached hydrogens (tertiary/aromatic N) is 8. The van der Waals surface area contributed by atoms with Crippen molar-refractivity contribution in [2.24, 2.45) is 5.41 Å². The Balaban J connectivity index is 1.26. The SMILES string of the molecule is Cc1nc(N2CCC3(CC2)CN(c2cnc4c(C)nn(CC(F)F)c4n2)C3)cc(C(F)(F)F)n1. The lowest BCUT2D eigenvalue weighted by molar-refractivity contribution is -0.141. The maximum Gasteiger partial charge on any atom is 0.433 e. The van der Waals surface area contributed by atoms with Crippen LogP contribution in [0.1, 0.15) is 30.1 Å². The number of aromatic nitrogens is 6. The molecule has 182 valence electrons. The number of hydrogen-bond acceptors (Lipinski definition) is 7. The molecule has 0 aliphatic carbocycles. The number of alkyl halides is 5. The molecular weight excluding hydrogens is 459 g/mol. The van der Waals surface area contributed by atoms with Gasteiger partial charge >= 0.3 is 6.18 Å². The van der Waals surface area contributed by atoms with Crippen LogP contribution in [0.15, 0.2) is 12.3 Å². The Morgan fingerprint density at radius 3 is 2.35 bits per heavy atom. The van der Waals surface area contributed by atoms with E-state index >= 15 is 0 Å². The van der Waals surface area contributed by atoms with Gasteiger partial charge in [-0.3, -0.25) is 0 Å². The first-order chi connectivity index (χ1) is 16.0. The molecule has 2 aliphatic heterocycles. The van der Waals surface area contributed by atoms with E-state index in [4.69, 9.17) is 0 Å². The molecule has 2 saturated heterocycles. The van der Waals surface area contributed by atoms with Crippen LogP contribution in [0, 0.1) is 19.3 Å². The highest BCUT2D eigenvalue weighted by molar-refractivity contribution is 5.75. The van der Waals surface area contributed by atoms with Gasteiger partial charge in [-0.15, -0.1) is 0 Å². The Hall–Kier alpha value is -3.12. The normalized spacial score (nSPS) is 18.2. The Bertz CT molecular complexity index is 1210. The Morgan fingerprint density at radius 1 is 1.00 bits per heavy atom. The number of fused-ring (bicyclic) bond motifs is 1. The second kappa shape index (κ2) is 7.98. The lowest BCUT2D eigenvalue weighted by Crippen LogP contribution is -2.61. The van der Waals surface area contributed by atoms with Gasteiger partial charge in [-0.25, -0.2) is 33.4 Å². The zero-order valence-corrected chi connectivity index (χ0v) is 18.6. The van der Waals surface area contributed by atoms with Crippen LogP contribution < -0.4 is 9.80 Å². The Labute approximate surface area is 191 Å². The van der Waals surface area contributed by atoms with E-state index in [1.165, 1.54) is 11.6 Å². The molecule has 5 heterocycles. The summed E-state index contributed by atoms with van der Waals surface area (Å²) in [6.45, 7) is 5.25. The van der Waals surface area contributed by atoms with Gasteiger partial charge in [0.15, 0.2) is 5.65 Å². The minimum atomic E-state index is -4.51. The topological polar surface area (TPSA) is 75.9 Å². The molecule has 5 rings (SSSR count). The van der Waals surface area contributed by atoms with E-state index < -0.39 is 24.8 Å². The van der Waals surface area contributed by atoms with Crippen LogP contribution in [0.25, 0.3) is 11.2 Å². The third-order valence-electron chi connectivity index (χ3n) is 6.55. The summed E-state index contributed by atoms with van der Waals surface area (Å²) in [7, 11) is 0. The van der Waals surface area contributed by atoms with Crippen LogP contribution >= 0.6 is 0 Å². The van der Waals surface area contributed by atoms with Crippen LogP contribution in [0.2, 0.25) is 0 Å². The van der Waals surface area contributed by atoms with Crippen molar-refractivity contribution in [2.45, 2.75) is 45.8 Å². The van der Waals surface area contributed by atoms with Gasteiger partial charge in [0, 0.05) is 37.7 Å². The third-order valence-corrected chi connectivity index (χ3v) is 6.55. The van der Waals surface area contributed by atoms with E-state index in [-0.39, 0.29) is 11.2 Å². The van der Waals surface area contributed by atoms with Gasteiger partial charge < -0.3 is 9.80 Å². The monoisotopic (exact) mass is 482 g/mol. The highest BCUT2D eigenvalue weighted by Crippen LogP contribution is 2.43. The van der Waals surface area contributed by atoms with Crippen molar-refractivity contribution >= 4 is 22.8 Å². The summed E-state index contributed by atoms with van der Waals surface area (Å²) in [5.41, 5.74) is 0.495. The summed E-state index contributed by atoms with van der Waals surface area (Å²) in [5.74, 6) is 0.997. The van der Waals surface area contributed by atoms with E-state index in [1.807, 2.05) is 9.80 Å². The number of anilines is 2. The maximum absolute atomic E-state index is 13.1. The van der Waals surface area contributed by atoms with E-state index in [2.05, 4.69) is 25.0 Å². The summed E-state index contributed by atoms with van der Waals surface area (Å²) in [6, 6.07) is 1.01. The van der Waals surface area contributed by atoms with Crippen LogP contribution in [0.5, 0.6) is 0 Å². The molecule has 0 amide bonds. The average Bonchev–Trinajstić information content (AvgIpc) is 3.05. The fraction of sp³-hybridized carbons (Fsp3) is 0.571. The van der Waals surface area contributed by atoms with E-state index in [9.17, 15) is 22.0 Å². The van der Waals surface area contributed by atoms with Gasteiger partial charge in [0.1, 0.15) is 35.2 Å². The van der Waals surface area contributed by atoms with Gasteiger partial charge in [0.2, 0.25) is 0 Å². The van der Waals surface area contributed by atoms with Crippen molar-refractivity contribution in [3.05, 3.63) is 29.5 Å². The number of halogens is 5. The van der Waals surface area contributed by atoms with E-state index in [0.717, 1.165) is 32.0 Å². The minimum Gasteiger partial charge on any atom is -0.356 e. The first-order valence-corrected chi connectivity index (χ1v) is 10.9. The molecule has 13 heteroatoms. The van der Waals surface area contributed by atoms with Crippen LogP contribution in [-0.4, -0.2) is 62.3 Å². The standard InChI is InChI=1S/C21H23F5N8/c1-12-18-19(34(31-12)9-15(22)23)30-17(8-27-18)33-10-20(11-33)3-5-32(6-4-20)16-7-14(21(24,25)26)28-13(2)29-16/h7-8,15H,3-6,9-11H2,1-2H3. The largest absolute Gasteiger partial charge is 0.433 e. The summed E-state index contributed by atoms with van der Waals surface area (Å²) in [5, 5.41) is 4.13. The number of hydrogen-bond donors (Lipinski definition) is 0. The van der Waals surface area contributed by atoms with Crippen molar-refractivity contribution in [1.82, 2.24) is 29.7 Å². The van der Waals surface area contributed by atoms with Crippen molar-refractivity contribution in [3.63, 3.8) is 0 Å². The summed E-state index contributed by atoms with van der Waals surface area (Å²) in [4.78, 5) is 20.6. The summed E-state index contributed by atoms with van der Waals surface area (Å²) >= 11 is 0. The van der Waals surface area contributed by atoms with E-state index in [1.54, 1.807) is 13.1 Å². The highest BCUT2D eigenvalue weighted by atomic mass is 19.4.